The van der Waals surface area contributed by atoms with E-state index >= 15 is 0 Å². The summed E-state index contributed by atoms with van der Waals surface area (Å²) in [5.74, 6) is 0.833. The van der Waals surface area contributed by atoms with Crippen LogP contribution in [0.1, 0.15) is 27.8 Å². The molecule has 0 amide bonds. The summed E-state index contributed by atoms with van der Waals surface area (Å²) in [4.78, 5) is 2.21. The minimum Gasteiger partial charge on any atom is -0.496 e. The highest BCUT2D eigenvalue weighted by atomic mass is 32.1. The smallest absolute Gasteiger partial charge is 0.122 e. The van der Waals surface area contributed by atoms with Gasteiger partial charge in [0, 0.05) is 16.2 Å². The van der Waals surface area contributed by atoms with Gasteiger partial charge in [0.25, 0.3) is 0 Å². The van der Waals surface area contributed by atoms with E-state index in [9.17, 15) is 5.11 Å². The minimum atomic E-state index is -0.861. The van der Waals surface area contributed by atoms with Gasteiger partial charge in [0.2, 0.25) is 0 Å². The number of hydrogen-bond acceptors (Lipinski definition) is 3. The van der Waals surface area contributed by atoms with Gasteiger partial charge in [-0.2, -0.15) is 0 Å². The molecule has 0 saturated heterocycles. The van der Waals surface area contributed by atoms with Gasteiger partial charge >= 0.3 is 0 Å². The average Bonchev–Trinajstić information content (AvgIpc) is 2.76. The first kappa shape index (κ1) is 14.1. The van der Waals surface area contributed by atoms with E-state index in [2.05, 4.69) is 13.0 Å². The highest BCUT2D eigenvalue weighted by Crippen LogP contribution is 2.33. The third-order valence-electron chi connectivity index (χ3n) is 3.24. The Balaban J connectivity index is 2.31. The lowest BCUT2D eigenvalue weighted by Gasteiger charge is -2.23. The van der Waals surface area contributed by atoms with Crippen LogP contribution in [0.5, 0.6) is 5.75 Å². The van der Waals surface area contributed by atoms with Gasteiger partial charge < -0.3 is 9.84 Å². The fraction of sp³-hybridized carbons (Fsp3) is 0.375. The van der Waals surface area contributed by atoms with Crippen LogP contribution in [0.2, 0.25) is 0 Å². The van der Waals surface area contributed by atoms with Gasteiger partial charge in [0.05, 0.1) is 7.11 Å². The lowest BCUT2D eigenvalue weighted by molar-refractivity contribution is 0.0608. The average molecular weight is 276 g/mol. The molecule has 0 aliphatic carbocycles. The van der Waals surface area contributed by atoms with E-state index in [0.29, 0.717) is 6.42 Å². The van der Waals surface area contributed by atoms with Gasteiger partial charge in [-0.15, -0.1) is 11.3 Å². The van der Waals surface area contributed by atoms with Crippen molar-refractivity contribution in [1.29, 1.82) is 0 Å². The monoisotopic (exact) mass is 276 g/mol. The largest absolute Gasteiger partial charge is 0.496 e. The Morgan fingerprint density at radius 1 is 1.21 bits per heavy atom. The molecule has 0 spiro atoms. The van der Waals surface area contributed by atoms with E-state index in [1.807, 2.05) is 38.1 Å². The molecule has 0 bridgehead atoms. The molecule has 102 valence electrons. The maximum Gasteiger partial charge on any atom is 0.122 e. The maximum atomic E-state index is 10.7. The van der Waals surface area contributed by atoms with Crippen molar-refractivity contribution < 1.29 is 9.84 Å². The lowest BCUT2D eigenvalue weighted by Crippen LogP contribution is -2.23. The molecule has 0 aliphatic rings. The van der Waals surface area contributed by atoms with Gasteiger partial charge in [0.1, 0.15) is 11.4 Å². The second kappa shape index (κ2) is 5.35. The fourth-order valence-corrected chi connectivity index (χ4v) is 3.14. The van der Waals surface area contributed by atoms with E-state index in [-0.39, 0.29) is 0 Å². The van der Waals surface area contributed by atoms with Crippen LogP contribution in [0.25, 0.3) is 0 Å². The Morgan fingerprint density at radius 2 is 1.95 bits per heavy atom. The Hall–Kier alpha value is -1.32. The van der Waals surface area contributed by atoms with Crippen molar-refractivity contribution in [2.45, 2.75) is 32.8 Å². The van der Waals surface area contributed by atoms with Crippen LogP contribution in [0.15, 0.2) is 30.3 Å². The zero-order valence-electron chi connectivity index (χ0n) is 11.9. The molecule has 1 atom stereocenters. The van der Waals surface area contributed by atoms with Gasteiger partial charge in [-0.05, 0) is 44.5 Å². The number of aliphatic hydroxyl groups is 1. The van der Waals surface area contributed by atoms with Crippen molar-refractivity contribution in [2.75, 3.05) is 7.11 Å². The number of aryl methyl sites for hydroxylation is 2. The molecule has 2 aromatic rings. The molecule has 2 rings (SSSR count). The molecule has 1 aromatic heterocycles. The second-order valence-electron chi connectivity index (χ2n) is 5.18. The van der Waals surface area contributed by atoms with Crippen molar-refractivity contribution in [2.24, 2.45) is 0 Å². The molecule has 1 aromatic carbocycles. The van der Waals surface area contributed by atoms with Crippen molar-refractivity contribution in [3.05, 3.63) is 51.2 Å². The molecule has 1 N–H and O–H groups in total. The molecular weight excluding hydrogens is 256 g/mol. The zero-order chi connectivity index (χ0) is 14.0. The van der Waals surface area contributed by atoms with Crippen LogP contribution in [-0.2, 0) is 12.0 Å². The second-order valence-corrected chi connectivity index (χ2v) is 6.46. The van der Waals surface area contributed by atoms with Crippen LogP contribution in [-0.4, -0.2) is 12.2 Å². The summed E-state index contributed by atoms with van der Waals surface area (Å²) in [6.07, 6.45) is 0.553. The summed E-state index contributed by atoms with van der Waals surface area (Å²) in [6.45, 7) is 5.96. The van der Waals surface area contributed by atoms with Gasteiger partial charge in [0.15, 0.2) is 0 Å². The highest BCUT2D eigenvalue weighted by molar-refractivity contribution is 7.12. The number of benzene rings is 1. The van der Waals surface area contributed by atoms with Crippen LogP contribution in [0, 0.1) is 13.8 Å². The van der Waals surface area contributed by atoms with Crippen molar-refractivity contribution in [3.8, 4) is 5.75 Å². The summed E-state index contributed by atoms with van der Waals surface area (Å²) in [5.41, 5.74) is 1.35. The molecule has 0 radical (unpaired) electrons. The first-order valence-corrected chi connectivity index (χ1v) is 7.17. The standard InChI is InChI=1S/C16H20O2S/c1-11-5-7-14(18-4)13(9-11)10-16(3,17)15-8-6-12(2)19-15/h5-9,17H,10H2,1-4H3. The maximum absolute atomic E-state index is 10.7. The van der Waals surface area contributed by atoms with Crippen LogP contribution in [0.4, 0.5) is 0 Å². The quantitative estimate of drug-likeness (QED) is 0.919. The first-order chi connectivity index (χ1) is 8.92. The van der Waals surface area contributed by atoms with Crippen molar-refractivity contribution in [3.63, 3.8) is 0 Å². The molecule has 2 nitrogen and oxygen atoms in total. The molecular formula is C16H20O2S. The summed E-state index contributed by atoms with van der Waals surface area (Å²) in [5, 5.41) is 10.7. The Kier molecular flexibility index (Phi) is 3.97. The van der Waals surface area contributed by atoms with E-state index < -0.39 is 5.60 Å². The van der Waals surface area contributed by atoms with Crippen molar-refractivity contribution >= 4 is 11.3 Å². The zero-order valence-corrected chi connectivity index (χ0v) is 12.7. The minimum absolute atomic E-state index is 0.553. The Bertz CT molecular complexity index is 570. The number of thiophene rings is 1. The Morgan fingerprint density at radius 3 is 2.53 bits per heavy atom. The third-order valence-corrected chi connectivity index (χ3v) is 4.50. The molecule has 1 unspecified atom stereocenters. The molecule has 0 fully saturated rings. The number of ether oxygens (including phenoxy) is 1. The van der Waals surface area contributed by atoms with Gasteiger partial charge in [-0.3, -0.25) is 0 Å². The van der Waals surface area contributed by atoms with E-state index in [1.54, 1.807) is 18.4 Å². The molecule has 0 saturated carbocycles. The predicted molar refractivity (Wildman–Crippen MR) is 80.1 cm³/mol. The number of rotatable bonds is 4. The van der Waals surface area contributed by atoms with E-state index in [0.717, 1.165) is 16.2 Å². The van der Waals surface area contributed by atoms with Crippen LogP contribution >= 0.6 is 11.3 Å². The summed E-state index contributed by atoms with van der Waals surface area (Å²) in [6, 6.07) is 10.1. The summed E-state index contributed by atoms with van der Waals surface area (Å²) in [7, 11) is 1.66. The number of methoxy groups -OCH3 is 1. The third kappa shape index (κ3) is 3.17. The molecule has 0 aliphatic heterocycles. The van der Waals surface area contributed by atoms with Gasteiger partial charge in [-0.25, -0.2) is 0 Å². The normalized spacial score (nSPS) is 14.2. The molecule has 19 heavy (non-hydrogen) atoms. The first-order valence-electron chi connectivity index (χ1n) is 6.35. The summed E-state index contributed by atoms with van der Waals surface area (Å²) >= 11 is 1.64. The number of hydrogen-bond donors (Lipinski definition) is 1. The fourth-order valence-electron chi connectivity index (χ4n) is 2.23. The Labute approximate surface area is 118 Å². The van der Waals surface area contributed by atoms with Crippen molar-refractivity contribution in [1.82, 2.24) is 0 Å². The SMILES string of the molecule is COc1ccc(C)cc1CC(C)(O)c1ccc(C)s1. The molecule has 3 heteroatoms. The topological polar surface area (TPSA) is 29.5 Å². The molecule has 1 heterocycles. The highest BCUT2D eigenvalue weighted by Gasteiger charge is 2.26. The van der Waals surface area contributed by atoms with Gasteiger partial charge in [-0.1, -0.05) is 17.7 Å². The van der Waals surface area contributed by atoms with Crippen LogP contribution in [0.3, 0.4) is 0 Å². The van der Waals surface area contributed by atoms with Crippen LogP contribution < -0.4 is 4.74 Å². The summed E-state index contributed by atoms with van der Waals surface area (Å²) < 4.78 is 5.38. The lowest BCUT2D eigenvalue weighted by atomic mass is 9.93. The van der Waals surface area contributed by atoms with E-state index in [1.165, 1.54) is 10.4 Å². The predicted octanol–water partition coefficient (Wildman–Crippen LogP) is 3.82. The van der Waals surface area contributed by atoms with E-state index in [4.69, 9.17) is 4.74 Å².